The van der Waals surface area contributed by atoms with Crippen LogP contribution in [0.2, 0.25) is 0 Å². The molecule has 1 fully saturated rings. The number of nitrogens with one attached hydrogen (secondary N) is 1. The fourth-order valence-electron chi connectivity index (χ4n) is 3.36. The maximum Gasteiger partial charge on any atom is 0.223 e. The first-order chi connectivity index (χ1) is 13.7. The van der Waals surface area contributed by atoms with Crippen LogP contribution in [0.15, 0.2) is 54.7 Å². The van der Waals surface area contributed by atoms with Gasteiger partial charge in [0.25, 0.3) is 0 Å². The highest BCUT2D eigenvalue weighted by molar-refractivity contribution is 5.83. The number of anilines is 1. The van der Waals surface area contributed by atoms with E-state index in [1.807, 2.05) is 41.3 Å². The predicted molar refractivity (Wildman–Crippen MR) is 110 cm³/mol. The zero-order chi connectivity index (χ0) is 19.6. The topological polar surface area (TPSA) is 65.5 Å². The van der Waals surface area contributed by atoms with Crippen LogP contribution in [0.1, 0.15) is 24.8 Å². The molecule has 0 radical (unpaired) electrons. The lowest BCUT2D eigenvalue weighted by Gasteiger charge is -2.35. The van der Waals surface area contributed by atoms with Gasteiger partial charge in [-0.25, -0.2) is 4.98 Å². The zero-order valence-electron chi connectivity index (χ0n) is 16.2. The first kappa shape index (κ1) is 19.9. The molecular formula is C22H28N4O2. The molecule has 148 valence electrons. The van der Waals surface area contributed by atoms with E-state index < -0.39 is 0 Å². The highest BCUT2D eigenvalue weighted by Crippen LogP contribution is 2.13. The van der Waals surface area contributed by atoms with Crippen LogP contribution in [0, 0.1) is 0 Å². The summed E-state index contributed by atoms with van der Waals surface area (Å²) in [4.78, 5) is 32.7. The zero-order valence-corrected chi connectivity index (χ0v) is 16.2. The molecule has 1 aliphatic rings. The van der Waals surface area contributed by atoms with E-state index in [2.05, 4.69) is 27.3 Å². The Balaban J connectivity index is 1.29. The maximum absolute atomic E-state index is 12.4. The number of carbonyl (C=O) groups excluding carboxylic acids is 2. The fourth-order valence-corrected chi connectivity index (χ4v) is 3.36. The second-order valence-corrected chi connectivity index (χ2v) is 6.99. The Morgan fingerprint density at radius 2 is 1.68 bits per heavy atom. The molecule has 0 unspecified atom stereocenters. The summed E-state index contributed by atoms with van der Waals surface area (Å²) in [6.45, 7) is 3.54. The monoisotopic (exact) mass is 380 g/mol. The summed E-state index contributed by atoms with van der Waals surface area (Å²) in [5, 5.41) is 2.91. The molecule has 6 heteroatoms. The second-order valence-electron chi connectivity index (χ2n) is 6.99. The van der Waals surface area contributed by atoms with Crippen molar-refractivity contribution in [1.82, 2.24) is 15.2 Å². The largest absolute Gasteiger partial charge is 0.356 e. The van der Waals surface area contributed by atoms with E-state index in [1.165, 1.54) is 5.56 Å². The summed E-state index contributed by atoms with van der Waals surface area (Å²) in [5.74, 6) is 0.957. The van der Waals surface area contributed by atoms with Crippen molar-refractivity contribution in [3.8, 4) is 0 Å². The Bertz CT molecular complexity index is 744. The van der Waals surface area contributed by atoms with Gasteiger partial charge in [0.05, 0.1) is 0 Å². The first-order valence-electron chi connectivity index (χ1n) is 9.97. The normalized spacial score (nSPS) is 14.0. The number of hydrogen-bond acceptors (Lipinski definition) is 4. The molecule has 0 saturated carbocycles. The third-order valence-corrected chi connectivity index (χ3v) is 4.98. The number of pyridine rings is 1. The van der Waals surface area contributed by atoms with Crippen molar-refractivity contribution in [2.45, 2.75) is 25.7 Å². The van der Waals surface area contributed by atoms with Crippen LogP contribution in [-0.4, -0.2) is 54.4 Å². The van der Waals surface area contributed by atoms with Crippen LogP contribution in [0.4, 0.5) is 5.82 Å². The SMILES string of the molecule is O=C(CCC(=O)N1CCN(c2ccccn2)CC1)NCCCc1ccccc1. The van der Waals surface area contributed by atoms with Gasteiger partial charge in [-0.1, -0.05) is 36.4 Å². The van der Waals surface area contributed by atoms with Crippen LogP contribution in [-0.2, 0) is 16.0 Å². The quantitative estimate of drug-likeness (QED) is 0.714. The van der Waals surface area contributed by atoms with Gasteiger partial charge >= 0.3 is 0 Å². The molecule has 3 rings (SSSR count). The molecule has 28 heavy (non-hydrogen) atoms. The van der Waals surface area contributed by atoms with Crippen molar-refractivity contribution in [1.29, 1.82) is 0 Å². The lowest BCUT2D eigenvalue weighted by atomic mass is 10.1. The van der Waals surface area contributed by atoms with E-state index in [-0.39, 0.29) is 24.7 Å². The Hall–Kier alpha value is -2.89. The van der Waals surface area contributed by atoms with Crippen LogP contribution in [0.5, 0.6) is 0 Å². The van der Waals surface area contributed by atoms with Gasteiger partial charge in [-0.15, -0.1) is 0 Å². The van der Waals surface area contributed by atoms with E-state index in [0.29, 0.717) is 19.6 Å². The number of aryl methyl sites for hydroxylation is 1. The second kappa shape index (κ2) is 10.4. The molecule has 1 aromatic carbocycles. The minimum absolute atomic E-state index is 0.0477. The summed E-state index contributed by atoms with van der Waals surface area (Å²) >= 11 is 0. The lowest BCUT2D eigenvalue weighted by molar-refractivity contribution is -0.133. The molecule has 0 aliphatic carbocycles. The Morgan fingerprint density at radius 3 is 2.39 bits per heavy atom. The summed E-state index contributed by atoms with van der Waals surface area (Å²) in [7, 11) is 0. The molecule has 0 bridgehead atoms. The smallest absolute Gasteiger partial charge is 0.223 e. The number of carbonyl (C=O) groups is 2. The minimum Gasteiger partial charge on any atom is -0.356 e. The highest BCUT2D eigenvalue weighted by Gasteiger charge is 2.22. The van der Waals surface area contributed by atoms with Crippen molar-refractivity contribution in [2.75, 3.05) is 37.6 Å². The van der Waals surface area contributed by atoms with Gasteiger partial charge in [0.1, 0.15) is 5.82 Å². The van der Waals surface area contributed by atoms with Gasteiger partial charge in [0, 0.05) is 51.8 Å². The van der Waals surface area contributed by atoms with Gasteiger partial charge in [0.15, 0.2) is 0 Å². The molecule has 6 nitrogen and oxygen atoms in total. The lowest BCUT2D eigenvalue weighted by Crippen LogP contribution is -2.49. The number of benzene rings is 1. The van der Waals surface area contributed by atoms with E-state index >= 15 is 0 Å². The number of piperazine rings is 1. The molecule has 1 saturated heterocycles. The molecule has 0 atom stereocenters. The maximum atomic E-state index is 12.4. The van der Waals surface area contributed by atoms with Crippen molar-refractivity contribution in [3.63, 3.8) is 0 Å². The molecule has 1 aromatic heterocycles. The highest BCUT2D eigenvalue weighted by atomic mass is 16.2. The Kier molecular flexibility index (Phi) is 7.41. The van der Waals surface area contributed by atoms with E-state index in [9.17, 15) is 9.59 Å². The van der Waals surface area contributed by atoms with Crippen LogP contribution >= 0.6 is 0 Å². The van der Waals surface area contributed by atoms with Gasteiger partial charge in [-0.3, -0.25) is 9.59 Å². The van der Waals surface area contributed by atoms with Crippen LogP contribution in [0.3, 0.4) is 0 Å². The summed E-state index contributed by atoms with van der Waals surface area (Å²) in [6, 6.07) is 16.1. The van der Waals surface area contributed by atoms with Gasteiger partial charge in [0.2, 0.25) is 11.8 Å². The molecule has 1 aliphatic heterocycles. The Morgan fingerprint density at radius 1 is 0.929 bits per heavy atom. The van der Waals surface area contributed by atoms with Crippen molar-refractivity contribution < 1.29 is 9.59 Å². The predicted octanol–water partition coefficient (Wildman–Crippen LogP) is 2.26. The first-order valence-corrected chi connectivity index (χ1v) is 9.97. The number of nitrogens with zero attached hydrogens (tertiary/aromatic N) is 3. The molecule has 2 aromatic rings. The number of aromatic nitrogens is 1. The summed E-state index contributed by atoms with van der Waals surface area (Å²) in [6.07, 6.45) is 4.16. The van der Waals surface area contributed by atoms with Gasteiger partial charge in [-0.05, 0) is 30.5 Å². The van der Waals surface area contributed by atoms with Gasteiger partial charge < -0.3 is 15.1 Å². The van der Waals surface area contributed by atoms with E-state index in [1.54, 1.807) is 6.20 Å². The fraction of sp³-hybridized carbons (Fsp3) is 0.409. The van der Waals surface area contributed by atoms with Crippen molar-refractivity contribution in [2.24, 2.45) is 0 Å². The number of rotatable bonds is 8. The average molecular weight is 380 g/mol. The average Bonchev–Trinajstić information content (AvgIpc) is 2.76. The van der Waals surface area contributed by atoms with Crippen molar-refractivity contribution >= 4 is 17.6 Å². The van der Waals surface area contributed by atoms with E-state index in [0.717, 1.165) is 31.7 Å². The van der Waals surface area contributed by atoms with E-state index in [4.69, 9.17) is 0 Å². The molecule has 2 amide bonds. The third kappa shape index (κ3) is 6.08. The third-order valence-electron chi connectivity index (χ3n) is 4.98. The Labute approximate surface area is 166 Å². The molecular weight excluding hydrogens is 352 g/mol. The molecule has 0 spiro atoms. The summed E-state index contributed by atoms with van der Waals surface area (Å²) < 4.78 is 0. The molecule has 2 heterocycles. The van der Waals surface area contributed by atoms with Gasteiger partial charge in [-0.2, -0.15) is 0 Å². The van der Waals surface area contributed by atoms with Crippen LogP contribution in [0.25, 0.3) is 0 Å². The van der Waals surface area contributed by atoms with Crippen LogP contribution < -0.4 is 10.2 Å². The minimum atomic E-state index is -0.0477. The number of hydrogen-bond donors (Lipinski definition) is 1. The number of amides is 2. The summed E-state index contributed by atoms with van der Waals surface area (Å²) in [5.41, 5.74) is 1.27. The standard InChI is InChI=1S/C22H28N4O2/c27-21(24-14-6-9-19-7-2-1-3-8-19)11-12-22(28)26-17-15-25(16-18-26)20-10-4-5-13-23-20/h1-5,7-8,10,13H,6,9,11-12,14-18H2,(H,24,27). The van der Waals surface area contributed by atoms with Crippen molar-refractivity contribution in [3.05, 3.63) is 60.3 Å². The molecule has 1 N–H and O–H groups in total.